The van der Waals surface area contributed by atoms with Gasteiger partial charge in [0.2, 0.25) is 0 Å². The van der Waals surface area contributed by atoms with Crippen molar-refractivity contribution in [1.29, 1.82) is 0 Å². The summed E-state index contributed by atoms with van der Waals surface area (Å²) in [4.78, 5) is 20.6. The minimum atomic E-state index is -5.06. The second-order valence-corrected chi connectivity index (χ2v) is 15.0. The first kappa shape index (κ1) is 33.5. The van der Waals surface area contributed by atoms with Gasteiger partial charge in [0.05, 0.1) is 42.2 Å². The Morgan fingerprint density at radius 1 is 0.868 bits per heavy atom. The van der Waals surface area contributed by atoms with Crippen LogP contribution in [0.3, 0.4) is 0 Å². The third-order valence-electron chi connectivity index (χ3n) is 6.32. The molecular formula is C28H41O8PS. The van der Waals surface area contributed by atoms with Crippen LogP contribution in [-0.2, 0) is 16.3 Å². The van der Waals surface area contributed by atoms with Crippen LogP contribution in [0.5, 0.6) is 5.75 Å². The van der Waals surface area contributed by atoms with Crippen LogP contribution in [0.4, 0.5) is 0 Å². The summed E-state index contributed by atoms with van der Waals surface area (Å²) in [6.45, 7) is 7.03. The number of unbranched alkanes of at least 4 members (excludes halogenated alkanes) is 3. The summed E-state index contributed by atoms with van der Waals surface area (Å²) in [7, 11) is -4.86. The molecule has 0 aromatic heterocycles. The summed E-state index contributed by atoms with van der Waals surface area (Å²) in [5.74, 6) is -3.87. The zero-order valence-electron chi connectivity index (χ0n) is 22.8. The highest BCUT2D eigenvalue weighted by Crippen LogP contribution is 2.63. The van der Waals surface area contributed by atoms with E-state index in [1.165, 1.54) is 63.2 Å². The topological polar surface area (TPSA) is 141 Å². The molecule has 0 heterocycles. The summed E-state index contributed by atoms with van der Waals surface area (Å²) in [6, 6.07) is 12.5. The Morgan fingerprint density at radius 3 is 1.74 bits per heavy atom. The van der Waals surface area contributed by atoms with Crippen molar-refractivity contribution in [2.75, 3.05) is 25.6 Å². The first-order chi connectivity index (χ1) is 17.9. The first-order valence-electron chi connectivity index (χ1n) is 13.0. The smallest absolute Gasteiger partial charge is 0.339 e. The van der Waals surface area contributed by atoms with Crippen LogP contribution >= 0.6 is 7.26 Å². The molecule has 0 saturated carbocycles. The summed E-state index contributed by atoms with van der Waals surface area (Å²) in [5.41, 5.74) is 0.235. The van der Waals surface area contributed by atoms with E-state index in [9.17, 15) is 22.6 Å². The number of methoxy groups -OCH3 is 1. The highest BCUT2D eigenvalue weighted by atomic mass is 32.2. The number of hydrogen-bond donors (Lipinski definition) is 2. The molecule has 2 rings (SSSR count). The van der Waals surface area contributed by atoms with E-state index in [-0.39, 0.29) is 0 Å². The van der Waals surface area contributed by atoms with Gasteiger partial charge < -0.3 is 19.5 Å². The average Bonchev–Trinajstić information content (AvgIpc) is 2.89. The van der Waals surface area contributed by atoms with Gasteiger partial charge in [-0.3, -0.25) is 0 Å². The molecule has 0 atom stereocenters. The molecule has 0 bridgehead atoms. The molecule has 2 aromatic rings. The molecule has 0 radical (unpaired) electrons. The lowest BCUT2D eigenvalue weighted by molar-refractivity contribution is 0.0692. The minimum Gasteiger partial charge on any atom is -0.744 e. The van der Waals surface area contributed by atoms with Crippen LogP contribution < -0.4 is 4.74 Å². The Bertz CT molecular complexity index is 1110. The number of rotatable bonds is 15. The van der Waals surface area contributed by atoms with Crippen molar-refractivity contribution in [3.63, 3.8) is 0 Å². The third-order valence-corrected chi connectivity index (χ3v) is 12.0. The molecule has 10 heteroatoms. The zero-order chi connectivity index (χ0) is 28.8. The summed E-state index contributed by atoms with van der Waals surface area (Å²) in [5, 5.41) is 17.5. The molecule has 38 heavy (non-hydrogen) atoms. The fourth-order valence-electron chi connectivity index (χ4n) is 4.30. The van der Waals surface area contributed by atoms with Crippen molar-refractivity contribution in [1.82, 2.24) is 0 Å². The van der Waals surface area contributed by atoms with E-state index in [4.69, 9.17) is 10.2 Å². The lowest BCUT2D eigenvalue weighted by atomic mass is 10.1. The third kappa shape index (κ3) is 10.7. The molecule has 2 aromatic carbocycles. The van der Waals surface area contributed by atoms with Crippen LogP contribution in [0.25, 0.3) is 0 Å². The minimum absolute atomic E-state index is 0.552. The lowest BCUT2D eigenvalue weighted by Crippen LogP contribution is -2.11. The number of carboxylic acids is 2. The Balaban J connectivity index is 0.000000382. The van der Waals surface area contributed by atoms with Crippen LogP contribution in [0.1, 0.15) is 85.6 Å². The highest BCUT2D eigenvalue weighted by Gasteiger charge is 2.35. The molecule has 0 spiro atoms. The van der Waals surface area contributed by atoms with E-state index in [2.05, 4.69) is 55.8 Å². The van der Waals surface area contributed by atoms with E-state index in [1.807, 2.05) is 0 Å². The van der Waals surface area contributed by atoms with Gasteiger partial charge in [-0.2, -0.15) is 0 Å². The van der Waals surface area contributed by atoms with E-state index in [0.717, 1.165) is 7.11 Å². The molecule has 0 aliphatic heterocycles. The number of carboxylic acid groups (broad SMARTS) is 2. The van der Waals surface area contributed by atoms with Gasteiger partial charge in [0.25, 0.3) is 0 Å². The quantitative estimate of drug-likeness (QED) is 0.181. The highest BCUT2D eigenvalue weighted by molar-refractivity contribution is 7.85. The molecular weight excluding hydrogens is 527 g/mol. The van der Waals surface area contributed by atoms with E-state index >= 15 is 0 Å². The van der Waals surface area contributed by atoms with Crippen LogP contribution in [-0.4, -0.2) is 60.7 Å². The van der Waals surface area contributed by atoms with Crippen molar-refractivity contribution >= 4 is 29.3 Å². The molecule has 0 amide bonds. The SMILES string of the molecule is CCCC[P+](CCCC)(CCCC)Cc1ccccc1.COc1c(C(=O)O)cc(C(=O)O)cc1S(=O)(=O)[O-]. The average molecular weight is 569 g/mol. The fourth-order valence-corrected chi connectivity index (χ4v) is 10.1. The molecule has 0 aliphatic carbocycles. The first-order valence-corrected chi connectivity index (χ1v) is 16.9. The maximum absolute atomic E-state index is 10.9. The Kier molecular flexibility index (Phi) is 14.5. The normalized spacial score (nSPS) is 11.4. The van der Waals surface area contributed by atoms with E-state index < -0.39 is 51.1 Å². The van der Waals surface area contributed by atoms with Gasteiger partial charge in [0.15, 0.2) is 5.75 Å². The lowest BCUT2D eigenvalue weighted by Gasteiger charge is -2.28. The summed E-state index contributed by atoms with van der Waals surface area (Å²) in [6.07, 6.45) is 14.4. The Labute approximate surface area is 227 Å². The van der Waals surface area contributed by atoms with Crippen molar-refractivity contribution in [3.8, 4) is 5.75 Å². The predicted molar refractivity (Wildman–Crippen MR) is 151 cm³/mol. The number of ether oxygens (including phenoxy) is 1. The number of benzene rings is 2. The second kappa shape index (κ2) is 16.5. The van der Waals surface area contributed by atoms with Crippen molar-refractivity contribution in [2.24, 2.45) is 0 Å². The summed E-state index contributed by atoms with van der Waals surface area (Å²) >= 11 is 0. The maximum atomic E-state index is 10.9. The van der Waals surface area contributed by atoms with Gasteiger partial charge in [-0.25, -0.2) is 18.0 Å². The number of aromatic carboxylic acids is 2. The molecule has 8 nitrogen and oxygen atoms in total. The van der Waals surface area contributed by atoms with E-state index in [0.29, 0.717) is 12.1 Å². The van der Waals surface area contributed by atoms with Gasteiger partial charge in [0.1, 0.15) is 15.7 Å². The van der Waals surface area contributed by atoms with Crippen LogP contribution in [0, 0.1) is 0 Å². The van der Waals surface area contributed by atoms with Gasteiger partial charge in [-0.05, 0) is 37.0 Å². The second-order valence-electron chi connectivity index (χ2n) is 9.34. The monoisotopic (exact) mass is 568 g/mol. The molecule has 0 aliphatic rings. The number of carbonyl (C=O) groups is 2. The largest absolute Gasteiger partial charge is 0.744 e. The van der Waals surface area contributed by atoms with Crippen LogP contribution in [0.2, 0.25) is 0 Å². The maximum Gasteiger partial charge on any atom is 0.339 e. The van der Waals surface area contributed by atoms with Gasteiger partial charge >= 0.3 is 11.9 Å². The Morgan fingerprint density at radius 2 is 1.37 bits per heavy atom. The Hall–Kier alpha value is -2.48. The van der Waals surface area contributed by atoms with Crippen LogP contribution in [0.15, 0.2) is 47.4 Å². The van der Waals surface area contributed by atoms with Gasteiger partial charge in [-0.15, -0.1) is 0 Å². The molecule has 0 fully saturated rings. The molecule has 0 saturated heterocycles. The molecule has 212 valence electrons. The number of hydrogen-bond acceptors (Lipinski definition) is 6. The van der Waals surface area contributed by atoms with Crippen molar-refractivity contribution < 1.29 is 37.5 Å². The van der Waals surface area contributed by atoms with Gasteiger partial charge in [0, 0.05) is 7.26 Å². The van der Waals surface area contributed by atoms with Crippen molar-refractivity contribution in [3.05, 3.63) is 59.2 Å². The summed E-state index contributed by atoms with van der Waals surface area (Å²) < 4.78 is 37.4. The molecule has 2 N–H and O–H groups in total. The van der Waals surface area contributed by atoms with Gasteiger partial charge in [-0.1, -0.05) is 70.4 Å². The predicted octanol–water partition coefficient (Wildman–Crippen LogP) is 6.60. The standard InChI is InChI=1S/C19H34P.C9H8O8S/c1-4-7-15-20(16-8-5-2,17-9-6-3)18-19-13-11-10-12-14-19;1-17-7-5(9(12)13)2-4(8(10)11)3-6(7)18(14,15)16/h10-14H,4-9,15-18H2,1-3H3;2-3H,1H3,(H,10,11)(H,12,13)(H,14,15,16)/q+1;/p-1. The zero-order valence-corrected chi connectivity index (χ0v) is 24.5. The molecule has 0 unspecified atom stereocenters. The van der Waals surface area contributed by atoms with E-state index in [1.54, 1.807) is 5.56 Å². The van der Waals surface area contributed by atoms with Crippen molar-refractivity contribution in [2.45, 2.75) is 70.4 Å². The fraction of sp³-hybridized carbons (Fsp3) is 0.500.